The van der Waals surface area contributed by atoms with Crippen molar-refractivity contribution in [2.24, 2.45) is 0 Å². The van der Waals surface area contributed by atoms with E-state index in [0.29, 0.717) is 0 Å². The van der Waals surface area contributed by atoms with Crippen LogP contribution in [-0.2, 0) is 4.79 Å². The van der Waals surface area contributed by atoms with Crippen molar-refractivity contribution in [2.75, 3.05) is 0 Å². The highest BCUT2D eigenvalue weighted by Gasteiger charge is 2.27. The molecule has 0 spiro atoms. The van der Waals surface area contributed by atoms with Crippen LogP contribution >= 0.6 is 0 Å². The quantitative estimate of drug-likeness (QED) is 0.727. The van der Waals surface area contributed by atoms with Gasteiger partial charge in [0, 0.05) is 17.2 Å². The van der Waals surface area contributed by atoms with Crippen LogP contribution in [0.4, 0.5) is 8.78 Å². The lowest BCUT2D eigenvalue weighted by atomic mass is 9.97. The number of halogens is 2. The van der Waals surface area contributed by atoms with E-state index in [2.05, 4.69) is 10.1 Å². The highest BCUT2D eigenvalue weighted by atomic mass is 19.3. The molecule has 1 saturated carbocycles. The highest BCUT2D eigenvalue weighted by Crippen LogP contribution is 2.22. The first kappa shape index (κ1) is 20.3. The fourth-order valence-corrected chi connectivity index (χ4v) is 3.71. The summed E-state index contributed by atoms with van der Waals surface area (Å²) in [6.45, 7) is -0.948. The summed E-state index contributed by atoms with van der Waals surface area (Å²) in [4.78, 5) is 12.6. The molecule has 1 aliphatic carbocycles. The van der Waals surface area contributed by atoms with Gasteiger partial charge in [-0.15, -0.1) is 0 Å². The van der Waals surface area contributed by atoms with Crippen LogP contribution in [0.1, 0.15) is 49.8 Å². The number of hydrogen-bond donors (Lipinski definition) is 2. The van der Waals surface area contributed by atoms with Crippen LogP contribution in [0.5, 0.6) is 5.75 Å². The molecule has 1 amide bonds. The van der Waals surface area contributed by atoms with E-state index in [0.717, 1.165) is 24.0 Å². The molecule has 3 N–H and O–H groups in total. The molecule has 0 heterocycles. The fraction of sp³-hybridized carbons (Fsp3) is 0.409. The summed E-state index contributed by atoms with van der Waals surface area (Å²) in [6.07, 6.45) is 4.43. The molecule has 28 heavy (non-hydrogen) atoms. The van der Waals surface area contributed by atoms with Crippen molar-refractivity contribution in [2.45, 2.75) is 57.3 Å². The average molecular weight is 389 g/mol. The number of benzene rings is 2. The van der Waals surface area contributed by atoms with Crippen molar-refractivity contribution < 1.29 is 23.6 Å². The molecule has 2 aromatic carbocycles. The Hall–Kier alpha value is -2.47. The molecule has 4 nitrogen and oxygen atoms in total. The number of ether oxygens (including phenoxy) is 1. The number of hydrogen-bond acceptors (Lipinski definition) is 2. The number of amides is 1. The third kappa shape index (κ3) is 5.52. The lowest BCUT2D eigenvalue weighted by molar-refractivity contribution is -0.704. The Morgan fingerprint density at radius 2 is 1.64 bits per heavy atom. The molecule has 2 aromatic rings. The summed E-state index contributed by atoms with van der Waals surface area (Å²) < 4.78 is 29.2. The smallest absolute Gasteiger partial charge is 0.387 e. The van der Waals surface area contributed by atoms with E-state index in [1.54, 1.807) is 12.1 Å². The minimum absolute atomic E-state index is 0.0329. The van der Waals surface area contributed by atoms with Crippen LogP contribution in [0, 0.1) is 0 Å². The zero-order valence-electron chi connectivity index (χ0n) is 16.0. The Morgan fingerprint density at radius 3 is 2.25 bits per heavy atom. The standard InChI is InChI=1S/C22H26F2N2O2/c1-15(21(27)26-18-9-5-6-10-18)25-20(16-7-3-2-4-8-16)17-11-13-19(14-12-17)28-22(23)24/h2-4,7-8,11-15,18,20,22,25H,5-6,9-10H2,1H3,(H,26,27)/p+1/t15-,20+/m0/s1. The Balaban J connectivity index is 1.74. The van der Waals surface area contributed by atoms with Crippen LogP contribution in [0.25, 0.3) is 0 Å². The second-order valence-electron chi connectivity index (χ2n) is 7.31. The molecule has 2 atom stereocenters. The van der Waals surface area contributed by atoms with Crippen molar-refractivity contribution in [1.82, 2.24) is 5.32 Å². The summed E-state index contributed by atoms with van der Waals surface area (Å²) in [5, 5.41) is 5.16. The number of quaternary nitrogens is 1. The molecule has 0 radical (unpaired) electrons. The number of rotatable bonds is 8. The first-order valence-electron chi connectivity index (χ1n) is 9.78. The van der Waals surface area contributed by atoms with Gasteiger partial charge in [-0.2, -0.15) is 8.78 Å². The second kappa shape index (κ2) is 9.64. The number of carbonyl (C=O) groups is 1. The van der Waals surface area contributed by atoms with E-state index in [4.69, 9.17) is 0 Å². The Bertz CT molecular complexity index is 747. The minimum Gasteiger partial charge on any atom is -0.435 e. The highest BCUT2D eigenvalue weighted by molar-refractivity contribution is 5.80. The molecule has 0 saturated heterocycles. The number of carbonyl (C=O) groups excluding carboxylic acids is 1. The molecule has 6 heteroatoms. The van der Waals surface area contributed by atoms with Crippen molar-refractivity contribution in [3.05, 3.63) is 65.7 Å². The summed E-state index contributed by atoms with van der Waals surface area (Å²) in [5.41, 5.74) is 1.97. The van der Waals surface area contributed by atoms with Crippen molar-refractivity contribution in [1.29, 1.82) is 0 Å². The number of nitrogens with two attached hydrogens (primary N) is 1. The zero-order valence-corrected chi connectivity index (χ0v) is 16.0. The van der Waals surface area contributed by atoms with E-state index in [9.17, 15) is 13.6 Å². The summed E-state index contributed by atoms with van der Waals surface area (Å²) in [6, 6.07) is 16.4. The third-order valence-electron chi connectivity index (χ3n) is 5.22. The molecule has 0 bridgehead atoms. The monoisotopic (exact) mass is 389 g/mol. The molecule has 0 unspecified atom stereocenters. The van der Waals surface area contributed by atoms with Crippen LogP contribution in [0.2, 0.25) is 0 Å². The van der Waals surface area contributed by atoms with E-state index in [1.807, 2.05) is 42.6 Å². The number of nitrogens with one attached hydrogen (secondary N) is 1. The summed E-state index contributed by atoms with van der Waals surface area (Å²) >= 11 is 0. The predicted molar refractivity (Wildman–Crippen MR) is 103 cm³/mol. The van der Waals surface area contributed by atoms with Crippen molar-refractivity contribution in [3.8, 4) is 5.75 Å². The van der Waals surface area contributed by atoms with Crippen LogP contribution < -0.4 is 15.4 Å². The van der Waals surface area contributed by atoms with Gasteiger partial charge < -0.3 is 15.4 Å². The van der Waals surface area contributed by atoms with Crippen molar-refractivity contribution >= 4 is 5.91 Å². The Morgan fingerprint density at radius 1 is 1.04 bits per heavy atom. The van der Waals surface area contributed by atoms with Crippen LogP contribution in [0.3, 0.4) is 0 Å². The van der Waals surface area contributed by atoms with E-state index >= 15 is 0 Å². The van der Waals surface area contributed by atoms with Gasteiger partial charge in [-0.25, -0.2) is 0 Å². The van der Waals surface area contributed by atoms with Gasteiger partial charge in [0.1, 0.15) is 11.8 Å². The molecular weight excluding hydrogens is 362 g/mol. The first-order valence-corrected chi connectivity index (χ1v) is 9.78. The molecule has 3 rings (SSSR count). The first-order chi connectivity index (χ1) is 13.5. The number of alkyl halides is 2. The average Bonchev–Trinajstić information content (AvgIpc) is 3.20. The van der Waals surface area contributed by atoms with Gasteiger partial charge in [0.25, 0.3) is 5.91 Å². The molecule has 1 aliphatic rings. The van der Waals surface area contributed by atoms with Gasteiger partial charge in [0.2, 0.25) is 0 Å². The lowest BCUT2D eigenvalue weighted by Gasteiger charge is -2.22. The summed E-state index contributed by atoms with van der Waals surface area (Å²) in [7, 11) is 0. The largest absolute Gasteiger partial charge is 0.435 e. The maximum Gasteiger partial charge on any atom is 0.387 e. The Kier molecular flexibility index (Phi) is 6.98. The van der Waals surface area contributed by atoms with Gasteiger partial charge in [-0.1, -0.05) is 43.2 Å². The van der Waals surface area contributed by atoms with Gasteiger partial charge in [-0.05, 0) is 44.0 Å². The molecule has 150 valence electrons. The minimum atomic E-state index is -2.85. The van der Waals surface area contributed by atoms with Gasteiger partial charge in [0.15, 0.2) is 6.04 Å². The van der Waals surface area contributed by atoms with E-state index in [1.165, 1.54) is 25.0 Å². The fourth-order valence-electron chi connectivity index (χ4n) is 3.71. The lowest BCUT2D eigenvalue weighted by Crippen LogP contribution is -2.93. The maximum absolute atomic E-state index is 12.6. The molecule has 0 aliphatic heterocycles. The third-order valence-corrected chi connectivity index (χ3v) is 5.22. The van der Waals surface area contributed by atoms with Crippen LogP contribution in [-0.4, -0.2) is 24.6 Å². The van der Waals surface area contributed by atoms with Gasteiger partial charge in [0.05, 0.1) is 0 Å². The SMILES string of the molecule is C[C@H]([NH2+][C@H](c1ccccc1)c1ccc(OC(F)F)cc1)C(=O)NC1CCCC1. The molecule has 0 aromatic heterocycles. The zero-order chi connectivity index (χ0) is 19.9. The van der Waals surface area contributed by atoms with Crippen molar-refractivity contribution in [3.63, 3.8) is 0 Å². The van der Waals surface area contributed by atoms with Crippen LogP contribution in [0.15, 0.2) is 54.6 Å². The molecular formula is C22H27F2N2O2+. The Labute approximate surface area is 164 Å². The van der Waals surface area contributed by atoms with Gasteiger partial charge >= 0.3 is 6.61 Å². The summed E-state index contributed by atoms with van der Waals surface area (Å²) in [5.74, 6) is 0.156. The maximum atomic E-state index is 12.6. The second-order valence-corrected chi connectivity index (χ2v) is 7.31. The van der Waals surface area contributed by atoms with Gasteiger partial charge in [-0.3, -0.25) is 4.79 Å². The predicted octanol–water partition coefficient (Wildman–Crippen LogP) is 3.39. The van der Waals surface area contributed by atoms with E-state index < -0.39 is 6.61 Å². The van der Waals surface area contributed by atoms with E-state index in [-0.39, 0.29) is 29.8 Å². The molecule has 1 fully saturated rings. The topological polar surface area (TPSA) is 54.9 Å². The normalized spacial score (nSPS) is 16.7.